The van der Waals surface area contributed by atoms with Crippen molar-refractivity contribution in [1.29, 1.82) is 0 Å². The molecule has 0 aliphatic carbocycles. The largest absolute Gasteiger partial charge is 2.00 e. The molecule has 6 aromatic heterocycles. The van der Waals surface area contributed by atoms with E-state index in [9.17, 15) is 0 Å². The zero-order valence-electron chi connectivity index (χ0n) is 72.4. The smallest absolute Gasteiger partial charge is 0.518 e. The maximum Gasteiger partial charge on any atom is 2.00 e. The van der Waals surface area contributed by atoms with Crippen molar-refractivity contribution in [3.63, 3.8) is 0 Å². The molecule has 0 unspecified atom stereocenters. The number of benzene rings is 12. The fraction of sp³-hybridized carbons (Fsp3) is 0.0370. The molecular weight excluding hydrogens is 2420 g/mol. The topological polar surface area (TPSA) is 174 Å². The van der Waals surface area contributed by atoms with Crippen LogP contribution >= 0.6 is 0 Å². The van der Waals surface area contributed by atoms with Crippen molar-refractivity contribution in [2.75, 3.05) is 23.9 Å². The SMILES string of the molecule is CN1C=CN(c2[c-]c3c(cc2)Oc2cccc4c2B3c2[c-]c(-c3ccccn3)ccc2O4)[CH-]1.Cc1cc(C)n(-c2[c-]c3c(cc2)Oc2cccc4c2B3c2[c-]c(N3C=CN(C)[CH-]3)ccc2O4)n1.[Pt+2].[Pt+2].[Pt].[Pt].[c-]1c(-c2ccccn2)ccc2c1B1c3[c-]c(-c4ccccn4)ccc3Oc3cccc(c31)O2.[c-]1c(-c2ccccn2)ccc2c1B1c3[c-]c(-n4cccn4)ccc3Oc3cccc(c31)O2. The Labute approximate surface area is 844 Å². The molecule has 28 rings (SSSR count). The van der Waals surface area contributed by atoms with Gasteiger partial charge in [-0.15, -0.1) is 199 Å². The van der Waals surface area contributed by atoms with E-state index in [4.69, 9.17) is 37.9 Å². The number of aryl methyl sites for hydroxylation is 2. The van der Waals surface area contributed by atoms with Crippen LogP contribution in [0.25, 0.3) is 56.4 Å². The molecule has 16 heterocycles. The monoisotopic (exact) mass is 2480 g/mol. The molecule has 28 heteroatoms. The van der Waals surface area contributed by atoms with Gasteiger partial charge in [0.1, 0.15) is 46.0 Å². The van der Waals surface area contributed by atoms with E-state index < -0.39 is 0 Å². The minimum atomic E-state index is -0.118. The van der Waals surface area contributed by atoms with Gasteiger partial charge in [0.15, 0.2) is 0 Å². The molecule has 664 valence electrons. The van der Waals surface area contributed by atoms with Crippen LogP contribution in [0.4, 0.5) is 11.4 Å². The maximum absolute atomic E-state index is 6.32. The predicted molar refractivity (Wildman–Crippen MR) is 511 cm³/mol. The summed E-state index contributed by atoms with van der Waals surface area (Å²) in [5.74, 6) is 12.7. The summed E-state index contributed by atoms with van der Waals surface area (Å²) in [6.45, 7) is 7.65. The zero-order chi connectivity index (χ0) is 87.8. The predicted octanol–water partition coefficient (Wildman–Crippen LogP) is 14.0. The average molecular weight is 2480 g/mol. The number of pyridine rings is 4. The summed E-state index contributed by atoms with van der Waals surface area (Å²) in [6, 6.07) is 112. The number of hydrogen-bond donors (Lipinski definition) is 0. The van der Waals surface area contributed by atoms with Crippen LogP contribution in [0, 0.1) is 75.7 Å². The third kappa shape index (κ3) is 15.8. The van der Waals surface area contributed by atoms with Crippen molar-refractivity contribution in [2.45, 2.75) is 13.8 Å². The number of hydrogen-bond acceptors (Lipinski definition) is 18. The summed E-state index contributed by atoms with van der Waals surface area (Å²) in [5, 5.41) is 9.03. The van der Waals surface area contributed by atoms with Gasteiger partial charge < -0.3 is 77.4 Å². The van der Waals surface area contributed by atoms with E-state index in [1.165, 1.54) is 0 Å². The van der Waals surface area contributed by atoms with Crippen LogP contribution in [0.2, 0.25) is 0 Å². The second kappa shape index (κ2) is 36.5. The van der Waals surface area contributed by atoms with Crippen molar-refractivity contribution in [2.24, 2.45) is 0 Å². The summed E-state index contributed by atoms with van der Waals surface area (Å²) >= 11 is 0. The Morgan fingerprint density at radius 1 is 0.279 bits per heavy atom. The van der Waals surface area contributed by atoms with Gasteiger partial charge in [0.05, 0.1) is 5.69 Å². The number of rotatable bonds is 8. The molecule has 0 radical (unpaired) electrons. The van der Waals surface area contributed by atoms with Gasteiger partial charge in [-0.2, -0.15) is 47.8 Å². The molecule has 10 aliphatic rings. The van der Waals surface area contributed by atoms with Crippen molar-refractivity contribution < 1.29 is 122 Å². The maximum atomic E-state index is 6.32. The van der Waals surface area contributed by atoms with Crippen LogP contribution < -0.4 is 113 Å². The number of fused-ring (bicyclic) bond motifs is 16. The summed E-state index contributed by atoms with van der Waals surface area (Å²) in [7, 11) is 4.01. The van der Waals surface area contributed by atoms with Gasteiger partial charge in [0.2, 0.25) is 26.9 Å². The Bertz CT molecular complexity index is 7640. The van der Waals surface area contributed by atoms with E-state index in [1.54, 1.807) is 35.7 Å². The molecule has 0 amide bonds. The van der Waals surface area contributed by atoms with Crippen LogP contribution in [0.3, 0.4) is 0 Å². The van der Waals surface area contributed by atoms with E-state index in [0.29, 0.717) is 0 Å². The standard InChI is InChI=1S/C28H15BN2O2.C27H20BN4O2.C27H17BN3O2.C26H14BN3O2.4Pt/c1-3-14-30-22(6-1)18-10-12-24-20(16-18)29-21-17-19(23-7-2-4-15-31-23)11-13-25(21)33-27-9-5-8-26(32-24)28(27)29;1-17-13-18(2)32(29-17)20-8-10-24-22(15-20)28-21-14-19(31-12-11-30(3)16-31)7-9-23(21)33-25-5-4-6-26(34-24)27(25)28;1-30-13-14-31(17-30)19-9-11-24-21(16-19)28-20-15-18(22-5-2-3-12-29-22)8-10-23(20)32-25-6-4-7-26(33-24)27(25)28;1-2-12-28-21(5-1)17-8-10-22-19(15-17)27-20-16-18(30-14-4-13-29-30)9-11-23(20)32-25-7-3-6-24(31-22)26(25)27;;;;/h1-15H;4-13,16H,1-3H3;2-14,17H,1H3;1-14H;;;;/q-2;2*-3;-2;;;2*+2. The third-order valence-electron chi connectivity index (χ3n) is 24.6. The van der Waals surface area contributed by atoms with E-state index in [0.717, 1.165) is 237 Å². The van der Waals surface area contributed by atoms with Gasteiger partial charge in [0.25, 0.3) is 0 Å². The first-order valence-electron chi connectivity index (χ1n) is 43.2. The second-order valence-corrected chi connectivity index (χ2v) is 32.9. The Balaban J connectivity index is 0.000000107. The first-order valence-corrected chi connectivity index (χ1v) is 43.2. The Kier molecular flexibility index (Phi) is 23.7. The molecule has 136 heavy (non-hydrogen) atoms. The average Bonchev–Trinajstić information content (AvgIpc) is 0.947. The van der Waals surface area contributed by atoms with Crippen molar-refractivity contribution in [1.82, 2.24) is 49.3 Å². The quantitative estimate of drug-likeness (QED) is 0.104. The number of anilines is 2. The summed E-state index contributed by atoms with van der Waals surface area (Å²) < 4.78 is 54.1. The molecule has 20 nitrogen and oxygen atoms in total. The molecule has 0 fully saturated rings. The molecule has 0 N–H and O–H groups in total. The van der Waals surface area contributed by atoms with Crippen molar-refractivity contribution in [3.8, 4) is 148 Å². The van der Waals surface area contributed by atoms with Gasteiger partial charge >= 0.3 is 42.1 Å². The second-order valence-electron chi connectivity index (χ2n) is 32.9. The minimum Gasteiger partial charge on any atom is -0.518 e. The first kappa shape index (κ1) is 88.4. The zero-order valence-corrected chi connectivity index (χ0v) is 81.5. The molecule has 18 aromatic rings. The van der Waals surface area contributed by atoms with Gasteiger partial charge in [-0.1, -0.05) is 72.8 Å². The third-order valence-corrected chi connectivity index (χ3v) is 24.6. The fourth-order valence-electron chi connectivity index (χ4n) is 18.7. The number of aromatic nitrogens is 8. The molecule has 0 saturated carbocycles. The molecule has 0 atom stereocenters. The van der Waals surface area contributed by atoms with Crippen LogP contribution in [-0.2, 0) is 84.3 Å². The van der Waals surface area contributed by atoms with Gasteiger partial charge in [0, 0.05) is 153 Å². The van der Waals surface area contributed by atoms with E-state index in [2.05, 4.69) is 101 Å². The van der Waals surface area contributed by atoms with E-state index in [1.807, 2.05) is 329 Å². The molecular formula is C108H66B4N12O8Pt4-6. The van der Waals surface area contributed by atoms with E-state index in [-0.39, 0.29) is 111 Å². The Morgan fingerprint density at radius 3 is 0.824 bits per heavy atom. The Hall–Kier alpha value is -14.2. The van der Waals surface area contributed by atoms with Crippen molar-refractivity contribution >= 4 is 104 Å². The molecule has 12 aromatic carbocycles. The summed E-state index contributed by atoms with van der Waals surface area (Å²) in [5.41, 5.74) is 24.6. The normalized spacial score (nSPS) is 13.4. The van der Waals surface area contributed by atoms with Gasteiger partial charge in [-0.25, -0.2) is 0 Å². The van der Waals surface area contributed by atoms with Crippen LogP contribution in [-0.4, -0.2) is 90.2 Å². The molecule has 10 aliphatic heterocycles. The summed E-state index contributed by atoms with van der Waals surface area (Å²) in [4.78, 5) is 26.2. The minimum absolute atomic E-state index is 0. The number of nitrogens with zero attached hydrogens (tertiary/aromatic N) is 12. The Morgan fingerprint density at radius 2 is 0.559 bits per heavy atom. The van der Waals surface area contributed by atoms with Crippen LogP contribution in [0.1, 0.15) is 11.4 Å². The van der Waals surface area contributed by atoms with Crippen molar-refractivity contribution in [3.05, 3.63) is 390 Å². The van der Waals surface area contributed by atoms with Gasteiger partial charge in [-0.3, -0.25) is 9.36 Å². The molecule has 0 saturated heterocycles. The number of ether oxygens (including phenoxy) is 8. The van der Waals surface area contributed by atoms with E-state index >= 15 is 0 Å². The fourth-order valence-corrected chi connectivity index (χ4v) is 18.7. The van der Waals surface area contributed by atoms with Gasteiger partial charge in [-0.05, 0) is 172 Å². The first-order chi connectivity index (χ1) is 65.0. The van der Waals surface area contributed by atoms with Crippen LogP contribution in [0.15, 0.2) is 317 Å². The van der Waals surface area contributed by atoms with Crippen LogP contribution in [0.5, 0.6) is 92.0 Å². The molecule has 0 spiro atoms. The molecule has 0 bridgehead atoms. The summed E-state index contributed by atoms with van der Waals surface area (Å²) in [6.07, 6.45) is 18.9.